The van der Waals surface area contributed by atoms with E-state index in [-0.39, 0.29) is 16.7 Å². The summed E-state index contributed by atoms with van der Waals surface area (Å²) in [6.45, 7) is 4.68. The van der Waals surface area contributed by atoms with Crippen molar-refractivity contribution in [1.82, 2.24) is 4.90 Å². The molecule has 0 amide bonds. The molecular formula is C28H28N4O2S. The summed E-state index contributed by atoms with van der Waals surface area (Å²) in [5.74, 6) is 0. The van der Waals surface area contributed by atoms with Crippen LogP contribution >= 0.6 is 11.3 Å². The van der Waals surface area contributed by atoms with Crippen LogP contribution in [0.4, 0.5) is 17.1 Å². The maximum atomic E-state index is 11.9. The standard InChI is InChI=1S/C28H28N4O2S/c33-32(34)27-12-11-25(31-16-14-30(15-17-31)20-22-13-18-35-21-22)19-26(27)29-28(23-7-3-1-4-8-23)24-9-5-2-6-10-24/h1-13,18-19,21,28-29H,14-17,20H2. The van der Waals surface area contributed by atoms with Gasteiger partial charge in [-0.3, -0.25) is 15.0 Å². The summed E-state index contributed by atoms with van der Waals surface area (Å²) < 4.78 is 0. The number of nitro groups is 1. The van der Waals surface area contributed by atoms with Gasteiger partial charge in [-0.05, 0) is 45.6 Å². The molecule has 0 atom stereocenters. The monoisotopic (exact) mass is 484 g/mol. The molecule has 0 unspecified atom stereocenters. The third-order valence-corrected chi connectivity index (χ3v) is 7.20. The van der Waals surface area contributed by atoms with Crippen molar-refractivity contribution in [1.29, 1.82) is 0 Å². The molecule has 6 nitrogen and oxygen atoms in total. The van der Waals surface area contributed by atoms with E-state index >= 15 is 0 Å². The van der Waals surface area contributed by atoms with Gasteiger partial charge in [-0.2, -0.15) is 11.3 Å². The predicted octanol–water partition coefficient (Wildman–Crippen LogP) is 6.18. The van der Waals surface area contributed by atoms with Crippen molar-refractivity contribution < 1.29 is 4.92 Å². The fourth-order valence-corrected chi connectivity index (χ4v) is 5.27. The number of benzene rings is 3. The Labute approximate surface area is 209 Å². The molecule has 4 aromatic rings. The first-order valence-electron chi connectivity index (χ1n) is 11.8. The number of anilines is 2. The predicted molar refractivity (Wildman–Crippen MR) is 143 cm³/mol. The second-order valence-corrected chi connectivity index (χ2v) is 9.53. The number of hydrogen-bond donors (Lipinski definition) is 1. The van der Waals surface area contributed by atoms with Crippen molar-refractivity contribution in [2.45, 2.75) is 12.6 Å². The number of nitrogens with zero attached hydrogens (tertiary/aromatic N) is 3. The Bertz CT molecular complexity index is 1200. The lowest BCUT2D eigenvalue weighted by Crippen LogP contribution is -2.45. The highest BCUT2D eigenvalue weighted by Gasteiger charge is 2.23. The van der Waals surface area contributed by atoms with Gasteiger partial charge in [-0.25, -0.2) is 0 Å². The number of thiophene rings is 1. The second-order valence-electron chi connectivity index (χ2n) is 8.75. The molecule has 3 aromatic carbocycles. The quantitative estimate of drug-likeness (QED) is 0.239. The van der Waals surface area contributed by atoms with Gasteiger partial charge in [0.15, 0.2) is 0 Å². The van der Waals surface area contributed by atoms with E-state index in [0.29, 0.717) is 5.69 Å². The molecule has 1 aliphatic rings. The van der Waals surface area contributed by atoms with E-state index in [9.17, 15) is 10.1 Å². The third kappa shape index (κ3) is 5.53. The number of piperazine rings is 1. The molecule has 178 valence electrons. The number of rotatable bonds is 8. The molecule has 0 spiro atoms. The van der Waals surface area contributed by atoms with Crippen LogP contribution in [0.3, 0.4) is 0 Å². The van der Waals surface area contributed by atoms with E-state index in [1.165, 1.54) is 5.56 Å². The average Bonchev–Trinajstić information content (AvgIpc) is 3.41. The van der Waals surface area contributed by atoms with Gasteiger partial charge in [-0.15, -0.1) is 0 Å². The molecule has 1 saturated heterocycles. The van der Waals surface area contributed by atoms with Gasteiger partial charge in [0, 0.05) is 44.5 Å². The minimum atomic E-state index is -0.308. The number of nitro benzene ring substituents is 1. The molecule has 1 N–H and O–H groups in total. The summed E-state index contributed by atoms with van der Waals surface area (Å²) >= 11 is 1.73. The van der Waals surface area contributed by atoms with E-state index < -0.39 is 0 Å². The van der Waals surface area contributed by atoms with Crippen LogP contribution in [0.15, 0.2) is 95.7 Å². The first-order chi connectivity index (χ1) is 17.2. The van der Waals surface area contributed by atoms with Crippen LogP contribution in [-0.2, 0) is 6.54 Å². The van der Waals surface area contributed by atoms with Crippen LogP contribution in [0, 0.1) is 10.1 Å². The Balaban J connectivity index is 1.39. The lowest BCUT2D eigenvalue weighted by Gasteiger charge is -2.36. The molecule has 35 heavy (non-hydrogen) atoms. The zero-order valence-electron chi connectivity index (χ0n) is 19.4. The van der Waals surface area contributed by atoms with Gasteiger partial charge < -0.3 is 10.2 Å². The van der Waals surface area contributed by atoms with E-state index in [4.69, 9.17) is 0 Å². The van der Waals surface area contributed by atoms with Crippen molar-refractivity contribution in [3.63, 3.8) is 0 Å². The van der Waals surface area contributed by atoms with E-state index in [1.807, 2.05) is 72.8 Å². The van der Waals surface area contributed by atoms with Gasteiger partial charge in [0.1, 0.15) is 5.69 Å². The molecule has 7 heteroatoms. The largest absolute Gasteiger partial charge is 0.369 e. The molecule has 0 radical (unpaired) electrons. The summed E-state index contributed by atoms with van der Waals surface area (Å²) in [4.78, 5) is 16.4. The van der Waals surface area contributed by atoms with Crippen LogP contribution in [0.2, 0.25) is 0 Å². The molecule has 5 rings (SSSR count). The Morgan fingerprint density at radius 3 is 2.11 bits per heavy atom. The normalized spacial score (nSPS) is 14.3. The number of nitrogens with one attached hydrogen (secondary N) is 1. The van der Waals surface area contributed by atoms with Gasteiger partial charge in [0.2, 0.25) is 0 Å². The summed E-state index contributed by atoms with van der Waals surface area (Å²) in [6, 6.07) is 27.5. The second kappa shape index (κ2) is 10.7. The first kappa shape index (κ1) is 23.1. The highest BCUT2D eigenvalue weighted by Crippen LogP contribution is 2.35. The first-order valence-corrected chi connectivity index (χ1v) is 12.7. The van der Waals surface area contributed by atoms with Crippen LogP contribution in [0.1, 0.15) is 22.7 Å². The van der Waals surface area contributed by atoms with Crippen LogP contribution in [-0.4, -0.2) is 36.0 Å². The topological polar surface area (TPSA) is 61.7 Å². The van der Waals surface area contributed by atoms with Crippen molar-refractivity contribution in [2.75, 3.05) is 36.4 Å². The molecule has 1 aliphatic heterocycles. The molecule has 0 saturated carbocycles. The van der Waals surface area contributed by atoms with Gasteiger partial charge in [0.05, 0.1) is 11.0 Å². The van der Waals surface area contributed by atoms with Gasteiger partial charge in [0.25, 0.3) is 5.69 Å². The fraction of sp³-hybridized carbons (Fsp3) is 0.214. The molecule has 2 heterocycles. The number of hydrogen-bond acceptors (Lipinski definition) is 6. The molecule has 1 fully saturated rings. The van der Waals surface area contributed by atoms with Crippen LogP contribution in [0.5, 0.6) is 0 Å². The lowest BCUT2D eigenvalue weighted by atomic mass is 9.98. The zero-order valence-corrected chi connectivity index (χ0v) is 20.2. The highest BCUT2D eigenvalue weighted by atomic mass is 32.1. The summed E-state index contributed by atoms with van der Waals surface area (Å²) in [5.41, 5.74) is 5.10. The van der Waals surface area contributed by atoms with Crippen molar-refractivity contribution in [3.8, 4) is 0 Å². The minimum absolute atomic E-state index is 0.0849. The average molecular weight is 485 g/mol. The van der Waals surface area contributed by atoms with Gasteiger partial charge >= 0.3 is 0 Å². The van der Waals surface area contributed by atoms with Crippen molar-refractivity contribution >= 4 is 28.4 Å². The Morgan fingerprint density at radius 2 is 1.54 bits per heavy atom. The smallest absolute Gasteiger partial charge is 0.292 e. The maximum Gasteiger partial charge on any atom is 0.292 e. The zero-order chi connectivity index (χ0) is 24.0. The third-order valence-electron chi connectivity index (χ3n) is 6.47. The minimum Gasteiger partial charge on any atom is -0.369 e. The Kier molecular flexibility index (Phi) is 7.07. The van der Waals surface area contributed by atoms with Crippen molar-refractivity contribution in [2.24, 2.45) is 0 Å². The Hall–Kier alpha value is -3.68. The highest BCUT2D eigenvalue weighted by molar-refractivity contribution is 7.07. The summed E-state index contributed by atoms with van der Waals surface area (Å²) in [7, 11) is 0. The lowest BCUT2D eigenvalue weighted by molar-refractivity contribution is -0.384. The van der Waals surface area contributed by atoms with E-state index in [1.54, 1.807) is 17.4 Å². The maximum absolute atomic E-state index is 11.9. The summed E-state index contributed by atoms with van der Waals surface area (Å²) in [6.07, 6.45) is 0. The molecule has 0 bridgehead atoms. The molecule has 1 aromatic heterocycles. The van der Waals surface area contributed by atoms with E-state index in [0.717, 1.165) is 49.5 Å². The molecule has 0 aliphatic carbocycles. The van der Waals surface area contributed by atoms with Gasteiger partial charge in [-0.1, -0.05) is 60.7 Å². The van der Waals surface area contributed by atoms with Crippen LogP contribution in [0.25, 0.3) is 0 Å². The SMILES string of the molecule is O=[N+]([O-])c1ccc(N2CCN(Cc3ccsc3)CC2)cc1NC(c1ccccc1)c1ccccc1. The Morgan fingerprint density at radius 1 is 0.886 bits per heavy atom. The summed E-state index contributed by atoms with van der Waals surface area (Å²) in [5, 5.41) is 19.7. The fourth-order valence-electron chi connectivity index (χ4n) is 4.61. The van der Waals surface area contributed by atoms with Crippen LogP contribution < -0.4 is 10.2 Å². The molecular weight excluding hydrogens is 456 g/mol. The van der Waals surface area contributed by atoms with Crippen molar-refractivity contribution in [3.05, 3.63) is 122 Å². The van der Waals surface area contributed by atoms with E-state index in [2.05, 4.69) is 31.9 Å².